The van der Waals surface area contributed by atoms with Gasteiger partial charge in [-0.15, -0.1) is 0 Å². The molecule has 0 atom stereocenters. The van der Waals surface area contributed by atoms with Crippen molar-refractivity contribution in [2.24, 2.45) is 0 Å². The van der Waals surface area contributed by atoms with E-state index in [-0.39, 0.29) is 12.1 Å². The van der Waals surface area contributed by atoms with Crippen LogP contribution in [-0.2, 0) is 6.54 Å². The van der Waals surface area contributed by atoms with Gasteiger partial charge in [0.1, 0.15) is 32.9 Å². The zero-order valence-corrected chi connectivity index (χ0v) is 21.5. The van der Waals surface area contributed by atoms with Crippen LogP contribution in [0.4, 0.5) is 5.13 Å². The molecule has 0 unspecified atom stereocenters. The molecule has 0 aliphatic rings. The average Bonchev–Trinajstić information content (AvgIpc) is 3.40. The highest BCUT2D eigenvalue weighted by atomic mass is 32.1. The highest BCUT2D eigenvalue weighted by Gasteiger charge is 2.27. The summed E-state index contributed by atoms with van der Waals surface area (Å²) < 4.78 is 17.4. The first kappa shape index (κ1) is 23.7. The predicted octanol–water partition coefficient (Wildman–Crippen LogP) is 6.42. The molecule has 0 fully saturated rings. The van der Waals surface area contributed by atoms with Gasteiger partial charge in [-0.2, -0.15) is 0 Å². The summed E-state index contributed by atoms with van der Waals surface area (Å²) in [6, 6.07) is 26.2. The first-order valence-corrected chi connectivity index (χ1v) is 12.7. The van der Waals surface area contributed by atoms with Crippen LogP contribution in [-0.4, -0.2) is 25.1 Å². The third-order valence-electron chi connectivity index (χ3n) is 6.43. The number of methoxy groups -OCH3 is 2. The first-order chi connectivity index (χ1) is 18.6. The molecule has 7 nitrogen and oxygen atoms in total. The fraction of sp³-hybridized carbons (Fsp3) is 0.100. The number of nitrogens with zero attached hydrogens (tertiary/aromatic N) is 2. The summed E-state index contributed by atoms with van der Waals surface area (Å²) in [5.41, 5.74) is 1.12. The molecule has 6 aromatic rings. The van der Waals surface area contributed by atoms with Crippen molar-refractivity contribution >= 4 is 54.3 Å². The van der Waals surface area contributed by atoms with E-state index in [2.05, 4.69) is 0 Å². The molecule has 0 radical (unpaired) electrons. The second-order valence-electron chi connectivity index (χ2n) is 8.67. The maximum Gasteiger partial charge on any atom is 0.349 e. The smallest absolute Gasteiger partial charge is 0.349 e. The molecule has 0 aliphatic heterocycles. The third-order valence-corrected chi connectivity index (χ3v) is 7.52. The van der Waals surface area contributed by atoms with E-state index in [4.69, 9.17) is 18.9 Å². The zero-order valence-electron chi connectivity index (χ0n) is 20.6. The molecule has 0 saturated heterocycles. The van der Waals surface area contributed by atoms with E-state index < -0.39 is 11.5 Å². The summed E-state index contributed by atoms with van der Waals surface area (Å²) in [5.74, 6) is 0.676. The van der Waals surface area contributed by atoms with Crippen molar-refractivity contribution in [3.63, 3.8) is 0 Å². The van der Waals surface area contributed by atoms with Gasteiger partial charge in [0.05, 0.1) is 20.8 Å². The average molecular weight is 523 g/mol. The number of hydrogen-bond acceptors (Lipinski definition) is 7. The van der Waals surface area contributed by atoms with Gasteiger partial charge < -0.3 is 13.9 Å². The Hall–Kier alpha value is -4.69. The number of fused-ring (bicyclic) bond motifs is 4. The number of ether oxygens (including phenoxy) is 2. The minimum atomic E-state index is -0.702. The lowest BCUT2D eigenvalue weighted by Gasteiger charge is -2.20. The number of amides is 1. The molecule has 2 aromatic heterocycles. The Labute approximate surface area is 221 Å². The Bertz CT molecular complexity index is 1840. The van der Waals surface area contributed by atoms with Crippen molar-refractivity contribution in [2.45, 2.75) is 6.54 Å². The first-order valence-electron chi connectivity index (χ1n) is 11.9. The van der Waals surface area contributed by atoms with Crippen molar-refractivity contribution in [3.05, 3.63) is 106 Å². The summed E-state index contributed by atoms with van der Waals surface area (Å²) in [4.78, 5) is 33.5. The van der Waals surface area contributed by atoms with Crippen LogP contribution in [0.1, 0.15) is 15.9 Å². The quantitative estimate of drug-likeness (QED) is 0.185. The molecule has 38 heavy (non-hydrogen) atoms. The normalized spacial score (nSPS) is 11.2. The highest BCUT2D eigenvalue weighted by Crippen LogP contribution is 2.40. The molecule has 0 aliphatic carbocycles. The van der Waals surface area contributed by atoms with Gasteiger partial charge in [0.2, 0.25) is 0 Å². The van der Waals surface area contributed by atoms with Crippen LogP contribution in [0.15, 0.2) is 94.1 Å². The third kappa shape index (κ3) is 4.05. The van der Waals surface area contributed by atoms with E-state index in [1.54, 1.807) is 38.5 Å². The molecule has 1 amide bonds. The van der Waals surface area contributed by atoms with E-state index in [0.29, 0.717) is 33.1 Å². The number of rotatable bonds is 6. The molecule has 0 N–H and O–H groups in total. The maximum absolute atomic E-state index is 14.1. The molecule has 6 rings (SSSR count). The topological polar surface area (TPSA) is 81.9 Å². The van der Waals surface area contributed by atoms with Gasteiger partial charge in [0.25, 0.3) is 5.91 Å². The fourth-order valence-electron chi connectivity index (χ4n) is 4.55. The van der Waals surface area contributed by atoms with Gasteiger partial charge in [0.15, 0.2) is 5.13 Å². The van der Waals surface area contributed by atoms with Gasteiger partial charge in [-0.05, 0) is 40.6 Å². The SMILES string of the molecule is COc1ccc(OC)c2sc(N(Cc3ccccc3)C(=O)c3cc4c(ccc5ccccc54)oc3=O)nc12. The van der Waals surface area contributed by atoms with Crippen molar-refractivity contribution in [1.29, 1.82) is 0 Å². The number of carbonyl (C=O) groups is 1. The summed E-state index contributed by atoms with van der Waals surface area (Å²) >= 11 is 1.30. The van der Waals surface area contributed by atoms with Gasteiger partial charge in [-0.1, -0.05) is 72.0 Å². The number of anilines is 1. The van der Waals surface area contributed by atoms with Gasteiger partial charge in [0, 0.05) is 5.39 Å². The molecular formula is C30H22N2O5S. The van der Waals surface area contributed by atoms with Crippen LogP contribution in [0.25, 0.3) is 32.0 Å². The standard InChI is InChI=1S/C30H22N2O5S/c1-35-24-14-15-25(36-2)27-26(24)31-30(38-27)32(17-18-8-4-3-5-9-18)28(33)22-16-21-20-11-7-6-10-19(20)12-13-23(21)37-29(22)34/h3-16H,17H2,1-2H3. The maximum atomic E-state index is 14.1. The second-order valence-corrected chi connectivity index (χ2v) is 9.64. The lowest BCUT2D eigenvalue weighted by atomic mass is 10.0. The molecule has 4 aromatic carbocycles. The Morgan fingerprint density at radius 2 is 1.63 bits per heavy atom. The summed E-state index contributed by atoms with van der Waals surface area (Å²) in [5, 5.41) is 2.98. The van der Waals surface area contributed by atoms with Crippen LogP contribution in [0.5, 0.6) is 11.5 Å². The Morgan fingerprint density at radius 1 is 0.895 bits per heavy atom. The van der Waals surface area contributed by atoms with Crippen molar-refractivity contribution in [3.8, 4) is 11.5 Å². The summed E-state index contributed by atoms with van der Waals surface area (Å²) in [6.07, 6.45) is 0. The molecule has 8 heteroatoms. The Kier molecular flexibility index (Phi) is 6.01. The lowest BCUT2D eigenvalue weighted by Crippen LogP contribution is -2.33. The predicted molar refractivity (Wildman–Crippen MR) is 150 cm³/mol. The lowest BCUT2D eigenvalue weighted by molar-refractivity contribution is 0.0981. The monoisotopic (exact) mass is 522 g/mol. The largest absolute Gasteiger partial charge is 0.495 e. The van der Waals surface area contributed by atoms with Crippen molar-refractivity contribution in [2.75, 3.05) is 19.1 Å². The highest BCUT2D eigenvalue weighted by molar-refractivity contribution is 7.22. The molecule has 0 bridgehead atoms. The molecule has 0 spiro atoms. The van der Waals surface area contributed by atoms with Crippen molar-refractivity contribution in [1.82, 2.24) is 4.98 Å². The molecular weight excluding hydrogens is 500 g/mol. The fourth-order valence-corrected chi connectivity index (χ4v) is 5.62. The Morgan fingerprint density at radius 3 is 2.42 bits per heavy atom. The number of aromatic nitrogens is 1. The number of benzene rings is 4. The minimum Gasteiger partial charge on any atom is -0.495 e. The number of carbonyl (C=O) groups excluding carboxylic acids is 1. The van der Waals surface area contributed by atoms with Gasteiger partial charge >= 0.3 is 5.63 Å². The molecule has 2 heterocycles. The van der Waals surface area contributed by atoms with Gasteiger partial charge in [-0.3, -0.25) is 9.69 Å². The number of thiazole rings is 1. The summed E-state index contributed by atoms with van der Waals surface area (Å²) in [6.45, 7) is 0.205. The van der Waals surface area contributed by atoms with E-state index in [1.807, 2.05) is 60.7 Å². The van der Waals surface area contributed by atoms with Crippen LogP contribution in [0.2, 0.25) is 0 Å². The van der Waals surface area contributed by atoms with E-state index >= 15 is 0 Å². The summed E-state index contributed by atoms with van der Waals surface area (Å²) in [7, 11) is 3.15. The van der Waals surface area contributed by atoms with E-state index in [9.17, 15) is 9.59 Å². The number of hydrogen-bond donors (Lipinski definition) is 0. The van der Waals surface area contributed by atoms with Crippen LogP contribution < -0.4 is 20.0 Å². The Balaban J connectivity index is 1.54. The zero-order chi connectivity index (χ0) is 26.2. The van der Waals surface area contributed by atoms with Crippen LogP contribution in [0.3, 0.4) is 0 Å². The van der Waals surface area contributed by atoms with Gasteiger partial charge in [-0.25, -0.2) is 9.78 Å². The minimum absolute atomic E-state index is 0.0667. The van der Waals surface area contributed by atoms with Crippen LogP contribution in [0, 0.1) is 0 Å². The second kappa shape index (κ2) is 9.64. The van der Waals surface area contributed by atoms with E-state index in [0.717, 1.165) is 21.0 Å². The molecule has 188 valence electrons. The van der Waals surface area contributed by atoms with Crippen molar-refractivity contribution < 1.29 is 18.7 Å². The van der Waals surface area contributed by atoms with E-state index in [1.165, 1.54) is 16.2 Å². The van der Waals surface area contributed by atoms with Crippen LogP contribution >= 0.6 is 11.3 Å². The molecule has 0 saturated carbocycles.